The van der Waals surface area contributed by atoms with Gasteiger partial charge in [-0.05, 0) is 35.4 Å². The van der Waals surface area contributed by atoms with Crippen molar-refractivity contribution in [2.24, 2.45) is 11.8 Å². The second kappa shape index (κ2) is 8.12. The molecular weight excluding hydrogens is 392 g/mol. The fraction of sp³-hybridized carbons (Fsp3) is 0.455. The van der Waals surface area contributed by atoms with Gasteiger partial charge in [0.15, 0.2) is 23.0 Å². The van der Waals surface area contributed by atoms with Crippen LogP contribution in [-0.2, 0) is 9.47 Å². The van der Waals surface area contributed by atoms with Gasteiger partial charge in [-0.25, -0.2) is 0 Å². The van der Waals surface area contributed by atoms with Crippen LogP contribution in [0.15, 0.2) is 24.3 Å². The first-order valence-corrected chi connectivity index (χ1v) is 9.65. The Kier molecular flexibility index (Phi) is 5.53. The minimum Gasteiger partial charge on any atom is -0.502 e. The van der Waals surface area contributed by atoms with E-state index in [2.05, 4.69) is 0 Å². The van der Waals surface area contributed by atoms with Gasteiger partial charge in [-0.2, -0.15) is 0 Å². The second-order valence-corrected chi connectivity index (χ2v) is 7.38. The molecule has 0 radical (unpaired) electrons. The summed E-state index contributed by atoms with van der Waals surface area (Å²) in [5.74, 6) is 1.48. The lowest BCUT2D eigenvalue weighted by Crippen LogP contribution is -2.15. The summed E-state index contributed by atoms with van der Waals surface area (Å²) in [6.07, 6.45) is -0.436. The SMILES string of the molecule is COc1cc(C2OCC3C2CO[C@@H]3c2cc(OC)c(O)c(OC)c2)cc(OC)c1O. The molecule has 8 heteroatoms. The van der Waals surface area contributed by atoms with Crippen LogP contribution in [0.1, 0.15) is 23.3 Å². The van der Waals surface area contributed by atoms with E-state index >= 15 is 0 Å². The molecule has 0 aromatic heterocycles. The summed E-state index contributed by atoms with van der Waals surface area (Å²) in [5.41, 5.74) is 1.72. The van der Waals surface area contributed by atoms with Crippen LogP contribution in [0.3, 0.4) is 0 Å². The average molecular weight is 418 g/mol. The average Bonchev–Trinajstić information content (AvgIpc) is 3.36. The summed E-state index contributed by atoms with van der Waals surface area (Å²) in [7, 11) is 5.99. The summed E-state index contributed by atoms with van der Waals surface area (Å²) in [6.45, 7) is 1.02. The molecule has 162 valence electrons. The molecule has 2 saturated heterocycles. The molecule has 0 bridgehead atoms. The van der Waals surface area contributed by atoms with Crippen LogP contribution in [0.25, 0.3) is 0 Å². The van der Waals surface area contributed by atoms with Gasteiger partial charge in [0.25, 0.3) is 0 Å². The van der Waals surface area contributed by atoms with E-state index < -0.39 is 0 Å². The van der Waals surface area contributed by atoms with Crippen molar-refractivity contribution in [1.29, 1.82) is 0 Å². The van der Waals surface area contributed by atoms with Crippen LogP contribution in [-0.4, -0.2) is 51.9 Å². The maximum atomic E-state index is 10.2. The number of fused-ring (bicyclic) bond motifs is 1. The van der Waals surface area contributed by atoms with Gasteiger partial charge in [0.2, 0.25) is 11.5 Å². The molecule has 0 amide bonds. The molecule has 2 aromatic rings. The first-order valence-electron chi connectivity index (χ1n) is 9.65. The molecule has 0 spiro atoms. The summed E-state index contributed by atoms with van der Waals surface area (Å²) >= 11 is 0. The van der Waals surface area contributed by atoms with Crippen LogP contribution >= 0.6 is 0 Å². The number of ether oxygens (including phenoxy) is 6. The van der Waals surface area contributed by atoms with Crippen molar-refractivity contribution >= 4 is 0 Å². The highest BCUT2D eigenvalue weighted by atomic mass is 16.5. The molecule has 2 heterocycles. The first kappa shape index (κ1) is 20.4. The highest BCUT2D eigenvalue weighted by Crippen LogP contribution is 2.53. The Hall–Kier alpha value is -2.84. The molecule has 0 aliphatic carbocycles. The van der Waals surface area contributed by atoms with Crippen molar-refractivity contribution < 1.29 is 38.6 Å². The summed E-state index contributed by atoms with van der Waals surface area (Å²) in [5, 5.41) is 20.4. The lowest BCUT2D eigenvalue weighted by Gasteiger charge is -2.19. The van der Waals surface area contributed by atoms with E-state index in [4.69, 9.17) is 28.4 Å². The van der Waals surface area contributed by atoms with E-state index in [1.165, 1.54) is 28.4 Å². The van der Waals surface area contributed by atoms with Gasteiger partial charge in [-0.1, -0.05) is 0 Å². The third kappa shape index (κ3) is 3.26. The van der Waals surface area contributed by atoms with E-state index in [1.807, 2.05) is 0 Å². The molecule has 0 saturated carbocycles. The van der Waals surface area contributed by atoms with Crippen LogP contribution in [0.2, 0.25) is 0 Å². The van der Waals surface area contributed by atoms with Crippen molar-refractivity contribution in [3.8, 4) is 34.5 Å². The molecular formula is C22H26O8. The highest BCUT2D eigenvalue weighted by molar-refractivity contribution is 5.54. The van der Waals surface area contributed by atoms with Crippen LogP contribution < -0.4 is 18.9 Å². The number of phenolic OH excluding ortho intramolecular Hbond substituents is 2. The zero-order valence-electron chi connectivity index (χ0n) is 17.4. The Bertz CT molecular complexity index is 802. The maximum Gasteiger partial charge on any atom is 0.200 e. The molecule has 2 fully saturated rings. The van der Waals surface area contributed by atoms with Gasteiger partial charge in [0.1, 0.15) is 0 Å². The van der Waals surface area contributed by atoms with Gasteiger partial charge in [-0.3, -0.25) is 0 Å². The Morgan fingerprint density at radius 3 is 1.20 bits per heavy atom. The lowest BCUT2D eigenvalue weighted by atomic mass is 9.84. The predicted molar refractivity (Wildman–Crippen MR) is 107 cm³/mol. The number of hydrogen-bond donors (Lipinski definition) is 2. The van der Waals surface area contributed by atoms with Crippen LogP contribution in [0.5, 0.6) is 34.5 Å². The highest BCUT2D eigenvalue weighted by Gasteiger charge is 2.48. The van der Waals surface area contributed by atoms with Crippen LogP contribution in [0, 0.1) is 11.8 Å². The van der Waals surface area contributed by atoms with E-state index in [0.717, 1.165) is 11.1 Å². The second-order valence-electron chi connectivity index (χ2n) is 7.38. The molecule has 2 N–H and O–H groups in total. The third-order valence-electron chi connectivity index (χ3n) is 5.93. The summed E-state index contributed by atoms with van der Waals surface area (Å²) in [4.78, 5) is 0. The lowest BCUT2D eigenvalue weighted by molar-refractivity contribution is 0.0190. The molecule has 30 heavy (non-hydrogen) atoms. The quantitative estimate of drug-likeness (QED) is 0.738. The van der Waals surface area contributed by atoms with Crippen molar-refractivity contribution in [1.82, 2.24) is 0 Å². The smallest absolute Gasteiger partial charge is 0.200 e. The van der Waals surface area contributed by atoms with Crippen molar-refractivity contribution in [3.05, 3.63) is 35.4 Å². The summed E-state index contributed by atoms with van der Waals surface area (Å²) < 4.78 is 33.4. The third-order valence-corrected chi connectivity index (χ3v) is 5.93. The van der Waals surface area contributed by atoms with Crippen LogP contribution in [0.4, 0.5) is 0 Å². The topological polar surface area (TPSA) is 95.8 Å². The Balaban J connectivity index is 1.63. The van der Waals surface area contributed by atoms with E-state index in [1.54, 1.807) is 24.3 Å². The fourth-order valence-corrected chi connectivity index (χ4v) is 4.39. The van der Waals surface area contributed by atoms with E-state index in [0.29, 0.717) is 36.2 Å². The number of rotatable bonds is 6. The zero-order valence-corrected chi connectivity index (χ0v) is 17.4. The maximum absolute atomic E-state index is 10.2. The van der Waals surface area contributed by atoms with Gasteiger partial charge >= 0.3 is 0 Å². The molecule has 2 aliphatic rings. The van der Waals surface area contributed by atoms with Crippen molar-refractivity contribution in [2.75, 3.05) is 41.7 Å². The molecule has 3 unspecified atom stereocenters. The minimum absolute atomic E-state index is 0.0397. The van der Waals surface area contributed by atoms with Gasteiger partial charge in [0, 0.05) is 11.8 Å². The largest absolute Gasteiger partial charge is 0.502 e. The van der Waals surface area contributed by atoms with E-state index in [-0.39, 0.29) is 35.5 Å². The zero-order chi connectivity index (χ0) is 21.4. The fourth-order valence-electron chi connectivity index (χ4n) is 4.39. The molecule has 4 atom stereocenters. The Morgan fingerprint density at radius 1 is 0.633 bits per heavy atom. The molecule has 8 nitrogen and oxygen atoms in total. The van der Waals surface area contributed by atoms with Crippen molar-refractivity contribution in [3.63, 3.8) is 0 Å². The standard InChI is InChI=1S/C22H26O8/c1-25-15-5-11(6-16(26-2)19(15)23)21-13-9-30-22(14(13)10-29-21)12-7-17(27-3)20(24)18(8-12)28-4/h5-8,13-14,21-24H,9-10H2,1-4H3/t13?,14?,21-,22?/m1/s1. The number of benzene rings is 2. The van der Waals surface area contributed by atoms with Gasteiger partial charge in [0.05, 0.1) is 53.9 Å². The van der Waals surface area contributed by atoms with Gasteiger partial charge < -0.3 is 38.6 Å². The normalized spacial score (nSPS) is 25.1. The molecule has 2 aliphatic heterocycles. The molecule has 4 rings (SSSR count). The molecule has 2 aromatic carbocycles. The van der Waals surface area contributed by atoms with Crippen molar-refractivity contribution in [2.45, 2.75) is 12.2 Å². The van der Waals surface area contributed by atoms with E-state index in [9.17, 15) is 10.2 Å². The Labute approximate surface area is 174 Å². The minimum atomic E-state index is -0.218. The number of methoxy groups -OCH3 is 4. The number of hydrogen-bond acceptors (Lipinski definition) is 8. The number of aromatic hydroxyl groups is 2. The predicted octanol–water partition coefficient (Wildman–Crippen LogP) is 3.21. The Morgan fingerprint density at radius 2 is 0.933 bits per heavy atom. The summed E-state index contributed by atoms with van der Waals surface area (Å²) in [6, 6.07) is 7.07. The van der Waals surface area contributed by atoms with Gasteiger partial charge in [-0.15, -0.1) is 0 Å². The first-order chi connectivity index (χ1) is 14.5. The monoisotopic (exact) mass is 418 g/mol. The number of phenols is 2.